The molecular weight excluding hydrogens is 318 g/mol. The number of rotatable bonds is 4. The number of likely N-dealkylation sites (N-methyl/N-ethyl adjacent to an activating group) is 1. The molecule has 0 radical (unpaired) electrons. The van der Waals surface area contributed by atoms with Crippen molar-refractivity contribution in [3.63, 3.8) is 0 Å². The molecule has 1 fully saturated rings. The average molecular weight is 339 g/mol. The molecule has 0 spiro atoms. The number of hydrogen-bond donors (Lipinski definition) is 1. The molecule has 3 aromatic rings. The van der Waals surface area contributed by atoms with Gasteiger partial charge < -0.3 is 19.6 Å². The number of nitrogens with one attached hydrogen (secondary N) is 1. The van der Waals surface area contributed by atoms with Crippen molar-refractivity contribution in [1.29, 1.82) is 0 Å². The molecule has 0 bridgehead atoms. The number of anilines is 2. The summed E-state index contributed by atoms with van der Waals surface area (Å²) in [5.74, 6) is 1.77. The number of fused-ring (bicyclic) bond motifs is 1. The van der Waals surface area contributed by atoms with E-state index < -0.39 is 0 Å². The number of aromatic nitrogens is 4. The number of piperazine rings is 1. The zero-order chi connectivity index (χ0) is 17.2. The van der Waals surface area contributed by atoms with Crippen LogP contribution in [0, 0.1) is 6.92 Å². The van der Waals surface area contributed by atoms with Crippen LogP contribution in [0.15, 0.2) is 29.2 Å². The van der Waals surface area contributed by atoms with Gasteiger partial charge in [-0.1, -0.05) is 11.2 Å². The summed E-state index contributed by atoms with van der Waals surface area (Å²) in [6.07, 6.45) is 3.39. The molecule has 1 aliphatic rings. The van der Waals surface area contributed by atoms with Crippen LogP contribution in [0.4, 0.5) is 11.6 Å². The third-order valence-electron chi connectivity index (χ3n) is 4.54. The Morgan fingerprint density at radius 1 is 1.12 bits per heavy atom. The highest BCUT2D eigenvalue weighted by atomic mass is 16.5. The van der Waals surface area contributed by atoms with Crippen molar-refractivity contribution in [2.45, 2.75) is 13.5 Å². The summed E-state index contributed by atoms with van der Waals surface area (Å²) in [5, 5.41) is 8.09. The Bertz CT molecular complexity index is 853. The lowest BCUT2D eigenvalue weighted by Crippen LogP contribution is -2.44. The second-order valence-corrected chi connectivity index (χ2v) is 6.34. The highest BCUT2D eigenvalue weighted by Gasteiger charge is 2.15. The van der Waals surface area contributed by atoms with Gasteiger partial charge in [-0.05, 0) is 25.6 Å². The normalized spacial score (nSPS) is 15.7. The van der Waals surface area contributed by atoms with Crippen molar-refractivity contribution in [3.8, 4) is 0 Å². The van der Waals surface area contributed by atoms with Gasteiger partial charge in [0.1, 0.15) is 23.3 Å². The Balaban J connectivity index is 1.44. The molecule has 0 aromatic carbocycles. The molecule has 130 valence electrons. The fourth-order valence-electron chi connectivity index (χ4n) is 2.99. The summed E-state index contributed by atoms with van der Waals surface area (Å²) in [7, 11) is 2.15. The molecule has 8 heteroatoms. The Morgan fingerprint density at radius 2 is 1.96 bits per heavy atom. The lowest BCUT2D eigenvalue weighted by molar-refractivity contribution is 0.312. The number of aryl methyl sites for hydroxylation is 1. The first-order valence-electron chi connectivity index (χ1n) is 8.40. The van der Waals surface area contributed by atoms with Gasteiger partial charge in [0.25, 0.3) is 5.71 Å². The molecule has 4 heterocycles. The SMILES string of the molecule is Cc1noc2ncnc(NCc3ccc(N4CCN(C)CC4)nc3)c12. The lowest BCUT2D eigenvalue weighted by atomic mass is 10.2. The van der Waals surface area contributed by atoms with Crippen LogP contribution >= 0.6 is 0 Å². The maximum atomic E-state index is 5.17. The minimum atomic E-state index is 0.499. The molecule has 0 unspecified atom stereocenters. The van der Waals surface area contributed by atoms with E-state index in [4.69, 9.17) is 4.52 Å². The van der Waals surface area contributed by atoms with Crippen LogP contribution in [-0.2, 0) is 6.54 Å². The second kappa shape index (κ2) is 6.64. The van der Waals surface area contributed by atoms with E-state index in [1.54, 1.807) is 0 Å². The summed E-state index contributed by atoms with van der Waals surface area (Å²) < 4.78 is 5.17. The summed E-state index contributed by atoms with van der Waals surface area (Å²) >= 11 is 0. The molecule has 1 N–H and O–H groups in total. The van der Waals surface area contributed by atoms with Crippen molar-refractivity contribution >= 4 is 22.7 Å². The first-order valence-corrected chi connectivity index (χ1v) is 8.40. The van der Waals surface area contributed by atoms with Crippen LogP contribution in [0.3, 0.4) is 0 Å². The highest BCUT2D eigenvalue weighted by Crippen LogP contribution is 2.23. The molecule has 1 aliphatic heterocycles. The number of hydrogen-bond acceptors (Lipinski definition) is 8. The Hall–Kier alpha value is -2.74. The zero-order valence-corrected chi connectivity index (χ0v) is 14.4. The van der Waals surface area contributed by atoms with E-state index in [-0.39, 0.29) is 0 Å². The quantitative estimate of drug-likeness (QED) is 0.769. The Morgan fingerprint density at radius 3 is 2.72 bits per heavy atom. The van der Waals surface area contributed by atoms with E-state index in [0.717, 1.165) is 54.5 Å². The van der Waals surface area contributed by atoms with Crippen molar-refractivity contribution in [2.24, 2.45) is 0 Å². The summed E-state index contributed by atoms with van der Waals surface area (Å²) in [6.45, 7) is 6.71. The summed E-state index contributed by atoms with van der Waals surface area (Å²) in [4.78, 5) is 17.7. The van der Waals surface area contributed by atoms with Crippen LogP contribution in [-0.4, -0.2) is 58.2 Å². The highest BCUT2D eigenvalue weighted by molar-refractivity contribution is 5.87. The van der Waals surface area contributed by atoms with Gasteiger partial charge in [0.2, 0.25) is 0 Å². The Labute approximate surface area is 145 Å². The van der Waals surface area contributed by atoms with Crippen molar-refractivity contribution in [2.75, 3.05) is 43.4 Å². The fraction of sp³-hybridized carbons (Fsp3) is 0.412. The summed E-state index contributed by atoms with van der Waals surface area (Å²) in [5.41, 5.74) is 2.37. The number of nitrogens with zero attached hydrogens (tertiary/aromatic N) is 6. The van der Waals surface area contributed by atoms with E-state index in [2.05, 4.69) is 54.4 Å². The van der Waals surface area contributed by atoms with Gasteiger partial charge in [0.15, 0.2) is 0 Å². The molecule has 1 saturated heterocycles. The Kier molecular flexibility index (Phi) is 4.19. The standard InChI is InChI=1S/C17H21N7O/c1-12-15-16(20-11-21-17(15)25-22-12)19-10-13-3-4-14(18-9-13)24-7-5-23(2)6-8-24/h3-4,9,11H,5-8,10H2,1-2H3,(H,19,20,21). The van der Waals surface area contributed by atoms with Crippen molar-refractivity contribution < 1.29 is 4.52 Å². The second-order valence-electron chi connectivity index (χ2n) is 6.34. The van der Waals surface area contributed by atoms with Gasteiger partial charge in [-0.15, -0.1) is 0 Å². The molecule has 8 nitrogen and oxygen atoms in total. The van der Waals surface area contributed by atoms with E-state index in [0.29, 0.717) is 12.3 Å². The maximum Gasteiger partial charge on any atom is 0.263 e. The van der Waals surface area contributed by atoms with Crippen LogP contribution in [0.5, 0.6) is 0 Å². The van der Waals surface area contributed by atoms with Crippen LogP contribution in [0.1, 0.15) is 11.3 Å². The third kappa shape index (κ3) is 3.25. The third-order valence-corrected chi connectivity index (χ3v) is 4.54. The monoisotopic (exact) mass is 339 g/mol. The smallest absolute Gasteiger partial charge is 0.263 e. The molecular formula is C17H21N7O. The molecule has 4 rings (SSSR count). The molecule has 0 aliphatic carbocycles. The van der Waals surface area contributed by atoms with E-state index in [1.807, 2.05) is 13.1 Å². The fourth-order valence-corrected chi connectivity index (χ4v) is 2.99. The van der Waals surface area contributed by atoms with Crippen molar-refractivity contribution in [3.05, 3.63) is 35.9 Å². The van der Waals surface area contributed by atoms with Crippen LogP contribution in [0.25, 0.3) is 11.1 Å². The lowest BCUT2D eigenvalue weighted by Gasteiger charge is -2.33. The van der Waals surface area contributed by atoms with E-state index in [1.165, 1.54) is 6.33 Å². The maximum absolute atomic E-state index is 5.17. The van der Waals surface area contributed by atoms with E-state index in [9.17, 15) is 0 Å². The number of pyridine rings is 1. The van der Waals surface area contributed by atoms with Gasteiger partial charge in [0, 0.05) is 38.9 Å². The van der Waals surface area contributed by atoms with Crippen LogP contribution < -0.4 is 10.2 Å². The van der Waals surface area contributed by atoms with Gasteiger partial charge in [0.05, 0.1) is 5.69 Å². The zero-order valence-electron chi connectivity index (χ0n) is 14.4. The minimum Gasteiger partial charge on any atom is -0.365 e. The first-order chi connectivity index (χ1) is 12.2. The summed E-state index contributed by atoms with van der Waals surface area (Å²) in [6, 6.07) is 4.19. The van der Waals surface area contributed by atoms with Gasteiger partial charge in [-0.25, -0.2) is 9.97 Å². The predicted octanol–water partition coefficient (Wildman–Crippen LogP) is 1.69. The molecule has 0 saturated carbocycles. The van der Waals surface area contributed by atoms with Gasteiger partial charge in [-0.3, -0.25) is 0 Å². The van der Waals surface area contributed by atoms with E-state index >= 15 is 0 Å². The molecule has 25 heavy (non-hydrogen) atoms. The largest absolute Gasteiger partial charge is 0.365 e. The molecule has 0 amide bonds. The first kappa shape index (κ1) is 15.8. The molecule has 3 aromatic heterocycles. The van der Waals surface area contributed by atoms with Crippen LogP contribution in [0.2, 0.25) is 0 Å². The minimum absolute atomic E-state index is 0.499. The topological polar surface area (TPSA) is 83.2 Å². The molecule has 0 atom stereocenters. The van der Waals surface area contributed by atoms with Gasteiger partial charge >= 0.3 is 0 Å². The van der Waals surface area contributed by atoms with Gasteiger partial charge in [-0.2, -0.15) is 4.98 Å². The van der Waals surface area contributed by atoms with Crippen molar-refractivity contribution in [1.82, 2.24) is 25.0 Å². The predicted molar refractivity (Wildman–Crippen MR) is 95.6 cm³/mol. The average Bonchev–Trinajstić information content (AvgIpc) is 3.03.